The van der Waals surface area contributed by atoms with E-state index in [-0.39, 0.29) is 6.10 Å². The minimum atomic E-state index is -0.0888. The first kappa shape index (κ1) is 24.3. The lowest BCUT2D eigenvalue weighted by atomic mass is 9.47. The number of allylic oxidation sites excluding steroid dienone is 1. The Morgan fingerprint density at radius 2 is 1.80 bits per heavy atom. The van der Waals surface area contributed by atoms with Crippen molar-refractivity contribution in [3.05, 3.63) is 11.6 Å². The van der Waals surface area contributed by atoms with Crippen molar-refractivity contribution in [1.29, 1.82) is 0 Å². The van der Waals surface area contributed by atoms with Crippen LogP contribution in [0.2, 0.25) is 0 Å². The summed E-state index contributed by atoms with van der Waals surface area (Å²) in [6, 6.07) is 0. The van der Waals surface area contributed by atoms with Gasteiger partial charge in [-0.05, 0) is 105 Å². The molecule has 7 unspecified atom stereocenters. The van der Waals surface area contributed by atoms with E-state index >= 15 is 0 Å². The maximum atomic E-state index is 10.2. The van der Waals surface area contributed by atoms with E-state index in [0.29, 0.717) is 23.4 Å². The van der Waals surface area contributed by atoms with Crippen LogP contribution in [0, 0.1) is 40.4 Å². The van der Waals surface area contributed by atoms with Crippen molar-refractivity contribution in [3.63, 3.8) is 0 Å². The van der Waals surface area contributed by atoms with Crippen LogP contribution in [0.15, 0.2) is 11.6 Å². The number of aliphatic hydroxyl groups excluding tert-OH is 2. The van der Waals surface area contributed by atoms with Crippen LogP contribution in [-0.4, -0.2) is 22.9 Å². The maximum absolute atomic E-state index is 10.2. The molecule has 2 N–H and O–H groups in total. The highest BCUT2D eigenvalue weighted by Crippen LogP contribution is 2.66. The van der Waals surface area contributed by atoms with Crippen molar-refractivity contribution >= 4 is 0 Å². The van der Waals surface area contributed by atoms with Crippen LogP contribution in [0.25, 0.3) is 0 Å². The van der Waals surface area contributed by atoms with E-state index in [9.17, 15) is 10.2 Å². The van der Waals surface area contributed by atoms with Gasteiger partial charge >= 0.3 is 0 Å². The Kier molecular flexibility index (Phi) is 8.16. The summed E-state index contributed by atoms with van der Waals surface area (Å²) in [6.45, 7) is 11.7. The molecule has 30 heavy (non-hydrogen) atoms. The van der Waals surface area contributed by atoms with E-state index < -0.39 is 0 Å². The molecule has 4 aliphatic rings. The normalized spacial score (nSPS) is 43.4. The van der Waals surface area contributed by atoms with Gasteiger partial charge in [-0.15, -0.1) is 0 Å². The lowest BCUT2D eigenvalue weighted by molar-refractivity contribution is -0.0509. The summed E-state index contributed by atoms with van der Waals surface area (Å²) in [5, 5.41) is 19.4. The molecule has 2 heteroatoms. The molecule has 0 spiro atoms. The van der Waals surface area contributed by atoms with E-state index in [1.54, 1.807) is 5.57 Å². The molecular weight excluding hydrogens is 368 g/mol. The van der Waals surface area contributed by atoms with Crippen LogP contribution in [0.5, 0.6) is 0 Å². The first-order chi connectivity index (χ1) is 14.4. The zero-order valence-corrected chi connectivity index (χ0v) is 20.6. The maximum Gasteiger partial charge on any atom is 0.0577 e. The van der Waals surface area contributed by atoms with Gasteiger partial charge in [0.1, 0.15) is 0 Å². The van der Waals surface area contributed by atoms with Crippen LogP contribution in [-0.2, 0) is 0 Å². The summed E-state index contributed by atoms with van der Waals surface area (Å²) in [6.07, 6.45) is 17.9. The summed E-state index contributed by atoms with van der Waals surface area (Å²) in [4.78, 5) is 0. The third kappa shape index (κ3) is 4.42. The van der Waals surface area contributed by atoms with Gasteiger partial charge in [-0.1, -0.05) is 59.1 Å². The van der Waals surface area contributed by atoms with Gasteiger partial charge in [-0.2, -0.15) is 0 Å². The average molecular weight is 419 g/mol. The second-order valence-corrected chi connectivity index (χ2v) is 11.5. The Balaban J connectivity index is 0.00000124. The molecule has 0 radical (unpaired) electrons. The molecule has 0 aromatic rings. The molecule has 0 amide bonds. The van der Waals surface area contributed by atoms with Crippen LogP contribution < -0.4 is 0 Å². The smallest absolute Gasteiger partial charge is 0.0577 e. The van der Waals surface area contributed by atoms with Gasteiger partial charge < -0.3 is 10.2 Å². The highest BCUT2D eigenvalue weighted by Gasteiger charge is 2.58. The number of fused-ring (bicyclic) bond motifs is 5. The standard InChI is InChI=1S/C26H44O2.C2H6/c1-18(17-27)6-4-5-7-19-9-11-23-22-10-8-20-16-21(28)12-14-26(20,3)24(22)13-15-25(19,23)2;1-2/h8,18-19,21-24,27-28H,4-7,9-17H2,1-3H3;1-2H3/t18?,19-,21?,22?,23?,24?,25?,26?;/m0./s1. The van der Waals surface area contributed by atoms with Crippen molar-refractivity contribution in [2.75, 3.05) is 6.61 Å². The summed E-state index contributed by atoms with van der Waals surface area (Å²) in [5.41, 5.74) is 2.55. The van der Waals surface area contributed by atoms with Crippen molar-refractivity contribution in [2.24, 2.45) is 40.4 Å². The highest BCUT2D eigenvalue weighted by molar-refractivity contribution is 5.25. The summed E-state index contributed by atoms with van der Waals surface area (Å²) >= 11 is 0. The number of hydrogen-bond donors (Lipinski definition) is 2. The highest BCUT2D eigenvalue weighted by atomic mass is 16.3. The molecule has 0 aliphatic heterocycles. The molecule has 4 rings (SSSR count). The average Bonchev–Trinajstić information content (AvgIpc) is 3.09. The van der Waals surface area contributed by atoms with Gasteiger partial charge in [0.05, 0.1) is 6.10 Å². The van der Waals surface area contributed by atoms with E-state index in [0.717, 1.165) is 36.5 Å². The molecule has 3 saturated carbocycles. The van der Waals surface area contributed by atoms with E-state index in [1.807, 2.05) is 13.8 Å². The van der Waals surface area contributed by atoms with Gasteiger partial charge in [0, 0.05) is 6.61 Å². The monoisotopic (exact) mass is 418 g/mol. The molecule has 0 heterocycles. The molecule has 174 valence electrons. The Labute approximate surface area is 186 Å². The predicted molar refractivity (Wildman–Crippen MR) is 127 cm³/mol. The zero-order chi connectivity index (χ0) is 21.9. The molecular formula is C28H50O2. The third-order valence-electron chi connectivity index (χ3n) is 10.1. The predicted octanol–water partition coefficient (Wildman–Crippen LogP) is 7.14. The van der Waals surface area contributed by atoms with Crippen molar-refractivity contribution in [3.8, 4) is 0 Å². The van der Waals surface area contributed by atoms with Crippen molar-refractivity contribution in [2.45, 2.75) is 118 Å². The Morgan fingerprint density at radius 3 is 2.53 bits per heavy atom. The van der Waals surface area contributed by atoms with Crippen LogP contribution >= 0.6 is 0 Å². The quantitative estimate of drug-likeness (QED) is 0.355. The van der Waals surface area contributed by atoms with Crippen molar-refractivity contribution in [1.82, 2.24) is 0 Å². The minimum absolute atomic E-state index is 0.0888. The molecule has 0 bridgehead atoms. The zero-order valence-electron chi connectivity index (χ0n) is 20.6. The topological polar surface area (TPSA) is 40.5 Å². The van der Waals surface area contributed by atoms with E-state index in [1.165, 1.54) is 64.2 Å². The van der Waals surface area contributed by atoms with Gasteiger partial charge in [0.15, 0.2) is 0 Å². The number of hydrogen-bond acceptors (Lipinski definition) is 2. The van der Waals surface area contributed by atoms with E-state index in [4.69, 9.17) is 0 Å². The van der Waals surface area contributed by atoms with Gasteiger partial charge in [-0.25, -0.2) is 0 Å². The summed E-state index contributed by atoms with van der Waals surface area (Å²) < 4.78 is 0. The molecule has 4 aliphatic carbocycles. The Hall–Kier alpha value is -0.340. The molecule has 0 aromatic carbocycles. The first-order valence-electron chi connectivity index (χ1n) is 13.4. The van der Waals surface area contributed by atoms with Gasteiger partial charge in [0.25, 0.3) is 0 Å². The molecule has 3 fully saturated rings. The molecule has 8 atom stereocenters. The lowest BCUT2D eigenvalue weighted by Crippen LogP contribution is -2.50. The largest absolute Gasteiger partial charge is 0.396 e. The summed E-state index contributed by atoms with van der Waals surface area (Å²) in [7, 11) is 0. The number of unbranched alkanes of at least 4 members (excludes halogenated alkanes) is 1. The van der Waals surface area contributed by atoms with Crippen LogP contribution in [0.1, 0.15) is 112 Å². The van der Waals surface area contributed by atoms with Gasteiger partial charge in [-0.3, -0.25) is 0 Å². The Morgan fingerprint density at radius 1 is 1.03 bits per heavy atom. The van der Waals surface area contributed by atoms with Crippen LogP contribution in [0.4, 0.5) is 0 Å². The summed E-state index contributed by atoms with van der Waals surface area (Å²) in [5.74, 6) is 4.08. The Bertz CT molecular complexity index is 583. The van der Waals surface area contributed by atoms with Crippen molar-refractivity contribution < 1.29 is 10.2 Å². The van der Waals surface area contributed by atoms with Crippen LogP contribution in [0.3, 0.4) is 0 Å². The minimum Gasteiger partial charge on any atom is -0.396 e. The fourth-order valence-corrected chi connectivity index (χ4v) is 8.20. The number of aliphatic hydroxyl groups is 2. The fourth-order valence-electron chi connectivity index (χ4n) is 8.20. The SMILES string of the molecule is CC.CC(CO)CCCC[C@H]1CCC2C3CC=C4CC(O)CCC4(C)C3CCC21C. The number of rotatable bonds is 6. The molecule has 0 aromatic heterocycles. The fraction of sp³-hybridized carbons (Fsp3) is 0.929. The molecule has 2 nitrogen and oxygen atoms in total. The second kappa shape index (κ2) is 10.1. The van der Waals surface area contributed by atoms with E-state index in [2.05, 4.69) is 26.8 Å². The second-order valence-electron chi connectivity index (χ2n) is 11.5. The third-order valence-corrected chi connectivity index (χ3v) is 10.1. The first-order valence-corrected chi connectivity index (χ1v) is 13.4. The van der Waals surface area contributed by atoms with Gasteiger partial charge in [0.2, 0.25) is 0 Å². The lowest BCUT2D eigenvalue weighted by Gasteiger charge is -2.58. The molecule has 0 saturated heterocycles.